The average molecular weight is 303 g/mol. The molecular weight excluding hydrogens is 270 g/mol. The first-order valence-corrected chi connectivity index (χ1v) is 9.05. The minimum Gasteiger partial charge on any atom is -0.296 e. The fraction of sp³-hybridized carbons (Fsp3) is 0.650. The number of carbonyl (C=O) groups excluding carboxylic acids is 1. The number of hydrogen-bond donors (Lipinski definition) is 0. The molecule has 0 saturated carbocycles. The number of benzene rings is 1. The zero-order valence-electron chi connectivity index (χ0n) is 14.7. The van der Waals surface area contributed by atoms with Gasteiger partial charge in [-0.3, -0.25) is 9.69 Å². The molecule has 2 heteroatoms. The van der Waals surface area contributed by atoms with E-state index in [4.69, 9.17) is 0 Å². The Labute approximate surface area is 136 Å². The molecule has 0 unspecified atom stereocenters. The van der Waals surface area contributed by atoms with E-state index in [2.05, 4.69) is 37.8 Å². The quantitative estimate of drug-likeness (QED) is 0.395. The lowest BCUT2D eigenvalue weighted by Gasteiger charge is -2.19. The summed E-state index contributed by atoms with van der Waals surface area (Å²) in [6, 6.07) is 8.27. The van der Waals surface area contributed by atoms with Crippen LogP contribution in [0.25, 0.3) is 0 Å². The number of Topliss-reactive ketones (excluding diaryl/α,β-unsaturated/α-hetero) is 1. The molecule has 0 saturated heterocycles. The van der Waals surface area contributed by atoms with Gasteiger partial charge in [0.15, 0.2) is 5.78 Å². The topological polar surface area (TPSA) is 20.3 Å². The summed E-state index contributed by atoms with van der Waals surface area (Å²) in [5.41, 5.74) is 2.21. The number of unbranched alkanes of at least 4 members (excludes halogenated alkanes) is 3. The number of ketones is 1. The molecular formula is C20H33NO. The standard InChI is InChI=1S/C20H33NO/c1-4-7-8-9-10-18-11-13-19(14-12-18)20(22)17-21(15-5-2)16-6-3/h11-14H,4-10,15-17H2,1-3H3. The number of hydrogen-bond acceptors (Lipinski definition) is 2. The van der Waals surface area contributed by atoms with Gasteiger partial charge < -0.3 is 0 Å². The Morgan fingerprint density at radius 2 is 1.50 bits per heavy atom. The molecule has 1 aromatic carbocycles. The molecule has 0 spiro atoms. The fourth-order valence-corrected chi connectivity index (χ4v) is 2.81. The Morgan fingerprint density at radius 1 is 0.864 bits per heavy atom. The van der Waals surface area contributed by atoms with Crippen LogP contribution in [0, 0.1) is 0 Å². The molecule has 0 radical (unpaired) electrons. The molecule has 0 heterocycles. The molecule has 124 valence electrons. The molecule has 22 heavy (non-hydrogen) atoms. The Bertz CT molecular complexity index is 404. The molecule has 0 aliphatic carbocycles. The number of nitrogens with zero attached hydrogens (tertiary/aromatic N) is 1. The molecule has 0 fully saturated rings. The van der Waals surface area contributed by atoms with Gasteiger partial charge in [-0.15, -0.1) is 0 Å². The summed E-state index contributed by atoms with van der Waals surface area (Å²) >= 11 is 0. The molecule has 0 amide bonds. The van der Waals surface area contributed by atoms with Crippen molar-refractivity contribution in [1.29, 1.82) is 0 Å². The monoisotopic (exact) mass is 303 g/mol. The second kappa shape index (κ2) is 11.4. The van der Waals surface area contributed by atoms with Crippen LogP contribution in [0.15, 0.2) is 24.3 Å². The lowest BCUT2D eigenvalue weighted by atomic mass is 10.0. The molecule has 0 N–H and O–H groups in total. The van der Waals surface area contributed by atoms with Gasteiger partial charge in [0.1, 0.15) is 0 Å². The molecule has 2 nitrogen and oxygen atoms in total. The van der Waals surface area contributed by atoms with Crippen molar-refractivity contribution in [1.82, 2.24) is 4.90 Å². The minimum absolute atomic E-state index is 0.249. The SMILES string of the molecule is CCCCCCc1ccc(C(=O)CN(CCC)CCC)cc1. The summed E-state index contributed by atoms with van der Waals surface area (Å²) in [6.45, 7) is 9.14. The highest BCUT2D eigenvalue weighted by atomic mass is 16.1. The maximum atomic E-state index is 12.4. The van der Waals surface area contributed by atoms with Gasteiger partial charge in [-0.1, -0.05) is 64.3 Å². The average Bonchev–Trinajstić information content (AvgIpc) is 2.52. The zero-order chi connectivity index (χ0) is 16.2. The summed E-state index contributed by atoms with van der Waals surface area (Å²) in [6.07, 6.45) is 8.49. The maximum Gasteiger partial charge on any atom is 0.176 e. The van der Waals surface area contributed by atoms with E-state index >= 15 is 0 Å². The van der Waals surface area contributed by atoms with E-state index in [9.17, 15) is 4.79 Å². The van der Waals surface area contributed by atoms with Crippen molar-refractivity contribution in [2.75, 3.05) is 19.6 Å². The predicted molar refractivity (Wildman–Crippen MR) is 95.6 cm³/mol. The minimum atomic E-state index is 0.249. The van der Waals surface area contributed by atoms with Crippen LogP contribution >= 0.6 is 0 Å². The molecule has 0 aliphatic rings. The van der Waals surface area contributed by atoms with Crippen molar-refractivity contribution >= 4 is 5.78 Å². The second-order valence-corrected chi connectivity index (χ2v) is 6.21. The molecule has 0 aliphatic heterocycles. The van der Waals surface area contributed by atoms with Crippen molar-refractivity contribution in [3.8, 4) is 0 Å². The van der Waals surface area contributed by atoms with E-state index in [1.807, 2.05) is 12.1 Å². The third-order valence-corrected chi connectivity index (χ3v) is 4.04. The lowest BCUT2D eigenvalue weighted by molar-refractivity contribution is 0.0930. The first-order valence-electron chi connectivity index (χ1n) is 9.05. The third kappa shape index (κ3) is 7.22. The van der Waals surface area contributed by atoms with Crippen LogP contribution in [0.1, 0.15) is 75.2 Å². The van der Waals surface area contributed by atoms with Gasteiger partial charge in [0.05, 0.1) is 6.54 Å². The largest absolute Gasteiger partial charge is 0.296 e. The van der Waals surface area contributed by atoms with Crippen molar-refractivity contribution in [2.45, 2.75) is 65.7 Å². The van der Waals surface area contributed by atoms with E-state index in [1.54, 1.807) is 0 Å². The van der Waals surface area contributed by atoms with Crippen LogP contribution in [-0.2, 0) is 6.42 Å². The second-order valence-electron chi connectivity index (χ2n) is 6.21. The third-order valence-electron chi connectivity index (χ3n) is 4.04. The Morgan fingerprint density at radius 3 is 2.05 bits per heavy atom. The summed E-state index contributed by atoms with van der Waals surface area (Å²) < 4.78 is 0. The summed E-state index contributed by atoms with van der Waals surface area (Å²) in [5.74, 6) is 0.249. The fourth-order valence-electron chi connectivity index (χ4n) is 2.81. The van der Waals surface area contributed by atoms with Gasteiger partial charge in [-0.25, -0.2) is 0 Å². The van der Waals surface area contributed by atoms with E-state index in [1.165, 1.54) is 31.2 Å². The van der Waals surface area contributed by atoms with Crippen LogP contribution in [-0.4, -0.2) is 30.3 Å². The van der Waals surface area contributed by atoms with Crippen molar-refractivity contribution < 1.29 is 4.79 Å². The Balaban J connectivity index is 2.48. The molecule has 0 aromatic heterocycles. The van der Waals surface area contributed by atoms with Gasteiger partial charge >= 0.3 is 0 Å². The number of aryl methyl sites for hydroxylation is 1. The van der Waals surface area contributed by atoms with Crippen LogP contribution < -0.4 is 0 Å². The van der Waals surface area contributed by atoms with Crippen LogP contribution in [0.3, 0.4) is 0 Å². The highest BCUT2D eigenvalue weighted by Crippen LogP contribution is 2.11. The lowest BCUT2D eigenvalue weighted by Crippen LogP contribution is -2.31. The van der Waals surface area contributed by atoms with Gasteiger partial charge in [-0.05, 0) is 44.3 Å². The predicted octanol–water partition coefficient (Wildman–Crippen LogP) is 5.11. The van der Waals surface area contributed by atoms with Crippen molar-refractivity contribution in [3.63, 3.8) is 0 Å². The number of carbonyl (C=O) groups is 1. The van der Waals surface area contributed by atoms with E-state index in [0.29, 0.717) is 6.54 Å². The van der Waals surface area contributed by atoms with Gasteiger partial charge in [0, 0.05) is 5.56 Å². The summed E-state index contributed by atoms with van der Waals surface area (Å²) in [5, 5.41) is 0. The van der Waals surface area contributed by atoms with Crippen LogP contribution in [0.4, 0.5) is 0 Å². The van der Waals surface area contributed by atoms with Crippen molar-refractivity contribution in [3.05, 3.63) is 35.4 Å². The van der Waals surface area contributed by atoms with Gasteiger partial charge in [-0.2, -0.15) is 0 Å². The summed E-state index contributed by atoms with van der Waals surface area (Å²) in [4.78, 5) is 14.6. The molecule has 1 rings (SSSR count). The molecule has 0 bridgehead atoms. The molecule has 0 atom stereocenters. The maximum absolute atomic E-state index is 12.4. The first kappa shape index (κ1) is 18.9. The first-order chi connectivity index (χ1) is 10.7. The van der Waals surface area contributed by atoms with Crippen molar-refractivity contribution in [2.24, 2.45) is 0 Å². The van der Waals surface area contributed by atoms with Crippen LogP contribution in [0.2, 0.25) is 0 Å². The number of rotatable bonds is 12. The van der Waals surface area contributed by atoms with E-state index in [-0.39, 0.29) is 5.78 Å². The Kier molecular flexibility index (Phi) is 9.81. The van der Waals surface area contributed by atoms with Crippen LogP contribution in [0.5, 0.6) is 0 Å². The van der Waals surface area contributed by atoms with E-state index < -0.39 is 0 Å². The van der Waals surface area contributed by atoms with Gasteiger partial charge in [0.2, 0.25) is 0 Å². The Hall–Kier alpha value is -1.15. The highest BCUT2D eigenvalue weighted by Gasteiger charge is 2.11. The smallest absolute Gasteiger partial charge is 0.176 e. The normalized spacial score (nSPS) is 11.1. The van der Waals surface area contributed by atoms with Gasteiger partial charge in [0.25, 0.3) is 0 Å². The zero-order valence-corrected chi connectivity index (χ0v) is 14.7. The van der Waals surface area contributed by atoms with E-state index in [0.717, 1.165) is 37.9 Å². The highest BCUT2D eigenvalue weighted by molar-refractivity contribution is 5.97. The molecule has 1 aromatic rings. The summed E-state index contributed by atoms with van der Waals surface area (Å²) in [7, 11) is 0.